The monoisotopic (exact) mass is 385 g/mol. The molecule has 0 saturated heterocycles. The van der Waals surface area contributed by atoms with Crippen LogP contribution in [-0.2, 0) is 0 Å². The summed E-state index contributed by atoms with van der Waals surface area (Å²) >= 11 is 10.4. The van der Waals surface area contributed by atoms with Gasteiger partial charge in [0, 0.05) is 31.4 Å². The zero-order valence-electron chi connectivity index (χ0n) is 15.0. The van der Waals surface area contributed by atoms with Gasteiger partial charge in [-0.25, -0.2) is 15.8 Å². The van der Waals surface area contributed by atoms with Crippen LogP contribution in [0.15, 0.2) is 18.3 Å². The van der Waals surface area contributed by atoms with E-state index in [-0.39, 0.29) is 12.1 Å². The second-order valence-electron chi connectivity index (χ2n) is 5.16. The highest BCUT2D eigenvalue weighted by molar-refractivity contribution is 7.80. The van der Waals surface area contributed by atoms with Crippen molar-refractivity contribution in [2.75, 3.05) is 20.2 Å². The molecule has 0 amide bonds. The van der Waals surface area contributed by atoms with Crippen LogP contribution >= 0.6 is 24.4 Å². The lowest BCUT2D eigenvalue weighted by Gasteiger charge is -2.28. The molecule has 0 saturated carbocycles. The fourth-order valence-corrected chi connectivity index (χ4v) is 2.42. The Morgan fingerprint density at radius 1 is 1.08 bits per heavy atom. The molecule has 140 valence electrons. The smallest absolute Gasteiger partial charge is 0.212 e. The SMILES string of the molecule is CCNC(=S)NNC(C)C(NNC(=S)NCC)c1ccc(OC)nc1. The molecule has 0 aliphatic carbocycles. The van der Waals surface area contributed by atoms with E-state index >= 15 is 0 Å². The average molecular weight is 386 g/mol. The van der Waals surface area contributed by atoms with E-state index in [1.807, 2.05) is 32.9 Å². The van der Waals surface area contributed by atoms with Crippen LogP contribution in [0.3, 0.4) is 0 Å². The molecule has 0 aliphatic heterocycles. The fourth-order valence-electron chi connectivity index (χ4n) is 2.01. The summed E-state index contributed by atoms with van der Waals surface area (Å²) in [4.78, 5) is 4.26. The number of nitrogens with zero attached hydrogens (tertiary/aromatic N) is 1. The van der Waals surface area contributed by atoms with Crippen molar-refractivity contribution in [2.24, 2.45) is 0 Å². The molecule has 0 aliphatic rings. The highest BCUT2D eigenvalue weighted by Gasteiger charge is 2.20. The molecule has 10 heteroatoms. The van der Waals surface area contributed by atoms with E-state index in [2.05, 4.69) is 37.3 Å². The van der Waals surface area contributed by atoms with Crippen molar-refractivity contribution >= 4 is 34.7 Å². The van der Waals surface area contributed by atoms with Crippen LogP contribution in [0.2, 0.25) is 0 Å². The summed E-state index contributed by atoms with van der Waals surface area (Å²) < 4.78 is 5.11. The van der Waals surface area contributed by atoms with Crippen LogP contribution in [0.1, 0.15) is 32.4 Å². The molecule has 0 bridgehead atoms. The van der Waals surface area contributed by atoms with Gasteiger partial charge in [-0.2, -0.15) is 0 Å². The number of methoxy groups -OCH3 is 1. The molecule has 8 nitrogen and oxygen atoms in total. The molecule has 6 N–H and O–H groups in total. The Morgan fingerprint density at radius 3 is 2.16 bits per heavy atom. The third-order valence-corrected chi connectivity index (χ3v) is 3.75. The second-order valence-corrected chi connectivity index (χ2v) is 5.97. The fraction of sp³-hybridized carbons (Fsp3) is 0.533. The number of pyridine rings is 1. The third kappa shape index (κ3) is 7.78. The molecule has 0 fully saturated rings. The third-order valence-electron chi connectivity index (χ3n) is 3.26. The van der Waals surface area contributed by atoms with Crippen LogP contribution in [0.5, 0.6) is 5.88 Å². The number of ether oxygens (including phenoxy) is 1. The summed E-state index contributed by atoms with van der Waals surface area (Å²) in [5, 5.41) is 7.12. The Bertz CT molecular complexity index is 541. The van der Waals surface area contributed by atoms with Gasteiger partial charge in [-0.15, -0.1) is 0 Å². The van der Waals surface area contributed by atoms with Crippen LogP contribution < -0.4 is 37.1 Å². The minimum atomic E-state index is -0.132. The number of thiocarbonyl (C=S) groups is 2. The molecular weight excluding hydrogens is 358 g/mol. The van der Waals surface area contributed by atoms with Gasteiger partial charge in [0.25, 0.3) is 0 Å². The summed E-state index contributed by atoms with van der Waals surface area (Å²) in [6.45, 7) is 7.48. The van der Waals surface area contributed by atoms with Crippen LogP contribution in [-0.4, -0.2) is 41.5 Å². The summed E-state index contributed by atoms with van der Waals surface area (Å²) in [5.74, 6) is 0.561. The molecule has 1 aromatic rings. The van der Waals surface area contributed by atoms with Crippen LogP contribution in [0.25, 0.3) is 0 Å². The van der Waals surface area contributed by atoms with Crippen molar-refractivity contribution in [2.45, 2.75) is 32.9 Å². The van der Waals surface area contributed by atoms with Gasteiger partial charge in [-0.1, -0.05) is 6.07 Å². The Labute approximate surface area is 159 Å². The Hall–Kier alpha value is -1.75. The van der Waals surface area contributed by atoms with Gasteiger partial charge in [-0.3, -0.25) is 10.9 Å². The van der Waals surface area contributed by atoms with Gasteiger partial charge in [0.15, 0.2) is 10.2 Å². The first-order chi connectivity index (χ1) is 12.0. The standard InChI is InChI=1S/C15H27N7OS2/c1-5-16-14(24)21-19-10(3)13(20-22-15(25)17-6-2)11-7-8-12(23-4)18-9-11/h7-10,13,19-20H,5-6H2,1-4H3,(H2,16,21,24)(H2,17,22,25). The van der Waals surface area contributed by atoms with Crippen molar-refractivity contribution in [3.8, 4) is 5.88 Å². The van der Waals surface area contributed by atoms with Crippen LogP contribution in [0, 0.1) is 0 Å². The molecule has 1 aromatic heterocycles. The van der Waals surface area contributed by atoms with E-state index in [0.717, 1.165) is 18.7 Å². The number of hydrazine groups is 2. The first-order valence-corrected chi connectivity index (χ1v) is 8.92. The van der Waals surface area contributed by atoms with Gasteiger partial charge in [0.2, 0.25) is 5.88 Å². The number of hydrogen-bond acceptors (Lipinski definition) is 6. The van der Waals surface area contributed by atoms with Crippen molar-refractivity contribution < 1.29 is 4.74 Å². The predicted molar refractivity (Wildman–Crippen MR) is 108 cm³/mol. The van der Waals surface area contributed by atoms with E-state index in [9.17, 15) is 0 Å². The minimum Gasteiger partial charge on any atom is -0.481 e. The maximum atomic E-state index is 5.20. The summed E-state index contributed by atoms with van der Waals surface area (Å²) in [5.41, 5.74) is 13.3. The summed E-state index contributed by atoms with van der Waals surface area (Å²) in [6.07, 6.45) is 1.76. The highest BCUT2D eigenvalue weighted by Crippen LogP contribution is 2.17. The van der Waals surface area contributed by atoms with Crippen molar-refractivity contribution in [3.63, 3.8) is 0 Å². The molecule has 1 heterocycles. The zero-order valence-corrected chi connectivity index (χ0v) is 16.6. The first kappa shape index (κ1) is 21.3. The highest BCUT2D eigenvalue weighted by atomic mass is 32.1. The van der Waals surface area contributed by atoms with Crippen molar-refractivity contribution in [3.05, 3.63) is 23.9 Å². The summed E-state index contributed by atoms with van der Waals surface area (Å²) in [7, 11) is 1.59. The van der Waals surface area contributed by atoms with E-state index < -0.39 is 0 Å². The largest absolute Gasteiger partial charge is 0.481 e. The topological polar surface area (TPSA) is 94.3 Å². The molecule has 25 heavy (non-hydrogen) atoms. The first-order valence-electron chi connectivity index (χ1n) is 8.10. The predicted octanol–water partition coefficient (Wildman–Crippen LogP) is 0.497. The quantitative estimate of drug-likeness (QED) is 0.266. The molecule has 1 rings (SSSR count). The maximum Gasteiger partial charge on any atom is 0.212 e. The van der Waals surface area contributed by atoms with Crippen molar-refractivity contribution in [1.82, 2.24) is 37.3 Å². The van der Waals surface area contributed by atoms with Gasteiger partial charge in [0.05, 0.1) is 13.2 Å². The Kier molecular flexibility index (Phi) is 10.0. The second kappa shape index (κ2) is 11.7. The van der Waals surface area contributed by atoms with Gasteiger partial charge < -0.3 is 15.4 Å². The van der Waals surface area contributed by atoms with Gasteiger partial charge >= 0.3 is 0 Å². The average Bonchev–Trinajstić information content (AvgIpc) is 2.61. The lowest BCUT2D eigenvalue weighted by Crippen LogP contribution is -2.55. The number of rotatable bonds is 9. The number of aromatic nitrogens is 1. The zero-order chi connectivity index (χ0) is 18.7. The molecule has 2 unspecified atom stereocenters. The molecule has 2 atom stereocenters. The molecular formula is C15H27N7OS2. The van der Waals surface area contributed by atoms with E-state index in [1.165, 1.54) is 0 Å². The van der Waals surface area contributed by atoms with Crippen LogP contribution in [0.4, 0.5) is 0 Å². The normalized spacial score (nSPS) is 12.6. The Balaban J connectivity index is 2.77. The van der Waals surface area contributed by atoms with E-state index in [0.29, 0.717) is 16.1 Å². The van der Waals surface area contributed by atoms with E-state index in [4.69, 9.17) is 29.2 Å². The Morgan fingerprint density at radius 2 is 1.68 bits per heavy atom. The minimum absolute atomic E-state index is 0.0382. The number of hydrogen-bond donors (Lipinski definition) is 6. The maximum absolute atomic E-state index is 5.20. The molecule has 0 radical (unpaired) electrons. The van der Waals surface area contributed by atoms with E-state index in [1.54, 1.807) is 13.3 Å². The van der Waals surface area contributed by atoms with Gasteiger partial charge in [0.1, 0.15) is 0 Å². The summed E-state index contributed by atoms with van der Waals surface area (Å²) in [6, 6.07) is 3.59. The molecule has 0 spiro atoms. The number of nitrogens with one attached hydrogen (secondary N) is 6. The van der Waals surface area contributed by atoms with Crippen molar-refractivity contribution in [1.29, 1.82) is 0 Å². The lowest BCUT2D eigenvalue weighted by atomic mass is 10.0. The lowest BCUT2D eigenvalue weighted by molar-refractivity contribution is 0.366. The molecule has 0 aromatic carbocycles. The van der Waals surface area contributed by atoms with Gasteiger partial charge in [-0.05, 0) is 50.8 Å².